The van der Waals surface area contributed by atoms with Crippen LogP contribution < -0.4 is 0 Å². The van der Waals surface area contributed by atoms with Crippen LogP contribution in [-0.2, 0) is 0 Å². The largest absolute Gasteiger partial charge is 0.0995 e. The van der Waals surface area contributed by atoms with Gasteiger partial charge in [0.2, 0.25) is 0 Å². The number of rotatable bonds is 4. The summed E-state index contributed by atoms with van der Waals surface area (Å²) in [6.07, 6.45) is 8.94. The Bertz CT molecular complexity index is 555. The highest BCUT2D eigenvalue weighted by Gasteiger charge is 2.09. The van der Waals surface area contributed by atoms with Gasteiger partial charge in [0, 0.05) is 5.92 Å². The first-order chi connectivity index (χ1) is 9.09. The van der Waals surface area contributed by atoms with Gasteiger partial charge in [-0.15, -0.1) is 0 Å². The molecule has 0 radical (unpaired) electrons. The molecule has 0 spiro atoms. The lowest BCUT2D eigenvalue weighted by atomic mass is 9.90. The van der Waals surface area contributed by atoms with Crippen LogP contribution in [0.25, 0.3) is 5.57 Å². The molecule has 2 rings (SSSR count). The van der Waals surface area contributed by atoms with Crippen LogP contribution >= 0.6 is 0 Å². The van der Waals surface area contributed by atoms with Gasteiger partial charge in [-0.1, -0.05) is 68.1 Å². The fourth-order valence-corrected chi connectivity index (χ4v) is 2.28. The maximum Gasteiger partial charge on any atom is 0.00145 e. The number of hydrogen-bond donors (Lipinski definition) is 0. The molecule has 0 heterocycles. The molecule has 1 atom stereocenters. The normalized spacial score (nSPS) is 15.8. The predicted octanol–water partition coefficient (Wildman–Crippen LogP) is 5.66. The monoisotopic (exact) mass is 250 g/mol. The van der Waals surface area contributed by atoms with Gasteiger partial charge < -0.3 is 0 Å². The van der Waals surface area contributed by atoms with Crippen molar-refractivity contribution in [2.45, 2.75) is 32.6 Å². The number of benzene rings is 1. The highest BCUT2D eigenvalue weighted by Crippen LogP contribution is 2.29. The Balaban J connectivity index is 2.28. The molecular formula is C19H22. The van der Waals surface area contributed by atoms with Gasteiger partial charge in [0.05, 0.1) is 0 Å². The summed E-state index contributed by atoms with van der Waals surface area (Å²) in [6, 6.07) is 8.66. The topological polar surface area (TPSA) is 0 Å². The first kappa shape index (κ1) is 13.6. The molecule has 1 aliphatic rings. The summed E-state index contributed by atoms with van der Waals surface area (Å²) in [6.45, 7) is 12.6. The molecule has 19 heavy (non-hydrogen) atoms. The maximum atomic E-state index is 4.25. The van der Waals surface area contributed by atoms with Gasteiger partial charge in [-0.25, -0.2) is 0 Å². The zero-order valence-electron chi connectivity index (χ0n) is 11.9. The van der Waals surface area contributed by atoms with Crippen LogP contribution in [-0.4, -0.2) is 0 Å². The van der Waals surface area contributed by atoms with Gasteiger partial charge in [-0.3, -0.25) is 0 Å². The minimum atomic E-state index is 0.392. The highest BCUT2D eigenvalue weighted by molar-refractivity contribution is 5.80. The number of hydrogen-bond acceptors (Lipinski definition) is 0. The van der Waals surface area contributed by atoms with Crippen molar-refractivity contribution < 1.29 is 0 Å². The van der Waals surface area contributed by atoms with Crippen LogP contribution in [0.2, 0.25) is 0 Å². The lowest BCUT2D eigenvalue weighted by Crippen LogP contribution is -1.96. The first-order valence-corrected chi connectivity index (χ1v) is 6.91. The van der Waals surface area contributed by atoms with Gasteiger partial charge in [-0.2, -0.15) is 0 Å². The van der Waals surface area contributed by atoms with E-state index in [0.717, 1.165) is 18.4 Å². The van der Waals surface area contributed by atoms with E-state index >= 15 is 0 Å². The van der Waals surface area contributed by atoms with E-state index in [1.54, 1.807) is 0 Å². The van der Waals surface area contributed by atoms with Crippen LogP contribution in [0.4, 0.5) is 0 Å². The van der Waals surface area contributed by atoms with Crippen LogP contribution in [0, 0.1) is 0 Å². The van der Waals surface area contributed by atoms with Gasteiger partial charge in [0.25, 0.3) is 0 Å². The Hall–Kier alpha value is -1.82. The lowest BCUT2D eigenvalue weighted by molar-refractivity contribution is 0.898. The number of allylic oxidation sites excluding steroid dienone is 6. The summed E-state index contributed by atoms with van der Waals surface area (Å²) in [4.78, 5) is 0. The molecule has 0 heteroatoms. The summed E-state index contributed by atoms with van der Waals surface area (Å²) in [5, 5.41) is 0. The third kappa shape index (κ3) is 3.14. The predicted molar refractivity (Wildman–Crippen MR) is 85.2 cm³/mol. The van der Waals surface area contributed by atoms with Crippen molar-refractivity contribution in [3.63, 3.8) is 0 Å². The molecule has 0 saturated carbocycles. The molecule has 0 saturated heterocycles. The second kappa shape index (κ2) is 5.88. The summed E-state index contributed by atoms with van der Waals surface area (Å²) in [5.74, 6) is 0.392. The Morgan fingerprint density at radius 3 is 2.63 bits per heavy atom. The lowest BCUT2D eigenvalue weighted by Gasteiger charge is -2.15. The second-order valence-corrected chi connectivity index (χ2v) is 5.31. The molecule has 1 unspecified atom stereocenters. The SMILES string of the molecule is C=C(C1=CCCC=C1)c1cccc(C(C)C(=C)C)c1. The summed E-state index contributed by atoms with van der Waals surface area (Å²) in [7, 11) is 0. The molecule has 98 valence electrons. The second-order valence-electron chi connectivity index (χ2n) is 5.31. The van der Waals surface area contributed by atoms with E-state index in [9.17, 15) is 0 Å². The van der Waals surface area contributed by atoms with Crippen molar-refractivity contribution in [1.82, 2.24) is 0 Å². The van der Waals surface area contributed by atoms with E-state index in [1.165, 1.54) is 22.3 Å². The highest BCUT2D eigenvalue weighted by atomic mass is 14.1. The Morgan fingerprint density at radius 2 is 2.00 bits per heavy atom. The smallest absolute Gasteiger partial charge is 0.00145 e. The summed E-state index contributed by atoms with van der Waals surface area (Å²) in [5.41, 5.74) is 6.09. The average Bonchev–Trinajstić information content (AvgIpc) is 2.46. The van der Waals surface area contributed by atoms with Crippen molar-refractivity contribution in [1.29, 1.82) is 0 Å². The van der Waals surface area contributed by atoms with Crippen molar-refractivity contribution in [3.05, 3.63) is 77.9 Å². The van der Waals surface area contributed by atoms with E-state index in [2.05, 4.69) is 69.5 Å². The third-order valence-corrected chi connectivity index (χ3v) is 3.82. The van der Waals surface area contributed by atoms with Crippen LogP contribution in [0.1, 0.15) is 43.7 Å². The molecule has 0 aromatic heterocycles. The van der Waals surface area contributed by atoms with E-state index in [4.69, 9.17) is 0 Å². The fraction of sp³-hybridized carbons (Fsp3) is 0.263. The molecule has 0 nitrogen and oxygen atoms in total. The standard InChI is InChI=1S/C19H22/c1-14(2)15(3)18-11-8-12-19(13-18)16(4)17-9-6-5-7-10-17/h6,8-13,15H,1,4-5,7H2,2-3H3. The van der Waals surface area contributed by atoms with Gasteiger partial charge >= 0.3 is 0 Å². The minimum absolute atomic E-state index is 0.392. The van der Waals surface area contributed by atoms with Crippen LogP contribution in [0.3, 0.4) is 0 Å². The van der Waals surface area contributed by atoms with Crippen molar-refractivity contribution in [2.75, 3.05) is 0 Å². The minimum Gasteiger partial charge on any atom is -0.0995 e. The van der Waals surface area contributed by atoms with Gasteiger partial charge in [-0.05, 0) is 42.0 Å². The summed E-state index contributed by atoms with van der Waals surface area (Å²) >= 11 is 0. The molecule has 0 bridgehead atoms. The fourth-order valence-electron chi connectivity index (χ4n) is 2.28. The molecule has 1 aromatic rings. The quantitative estimate of drug-likeness (QED) is 0.605. The zero-order chi connectivity index (χ0) is 13.8. The van der Waals surface area contributed by atoms with E-state index < -0.39 is 0 Å². The van der Waals surface area contributed by atoms with E-state index in [0.29, 0.717) is 5.92 Å². The van der Waals surface area contributed by atoms with Crippen molar-refractivity contribution in [2.24, 2.45) is 0 Å². The van der Waals surface area contributed by atoms with Crippen molar-refractivity contribution in [3.8, 4) is 0 Å². The molecular weight excluding hydrogens is 228 g/mol. The molecule has 0 fully saturated rings. The maximum absolute atomic E-state index is 4.25. The van der Waals surface area contributed by atoms with Crippen LogP contribution in [0.15, 0.2) is 66.8 Å². The third-order valence-electron chi connectivity index (χ3n) is 3.82. The van der Waals surface area contributed by atoms with Gasteiger partial charge in [0.15, 0.2) is 0 Å². The zero-order valence-corrected chi connectivity index (χ0v) is 11.9. The molecule has 1 aliphatic carbocycles. The van der Waals surface area contributed by atoms with Crippen molar-refractivity contribution >= 4 is 5.57 Å². The molecule has 0 amide bonds. The Labute approximate surface area is 116 Å². The summed E-state index contributed by atoms with van der Waals surface area (Å²) < 4.78 is 0. The molecule has 0 N–H and O–H groups in total. The Kier molecular flexibility index (Phi) is 4.21. The van der Waals surface area contributed by atoms with Gasteiger partial charge in [0.1, 0.15) is 0 Å². The Morgan fingerprint density at radius 1 is 1.21 bits per heavy atom. The van der Waals surface area contributed by atoms with E-state index in [-0.39, 0.29) is 0 Å². The molecule has 0 aliphatic heterocycles. The molecule has 1 aromatic carbocycles. The van der Waals surface area contributed by atoms with E-state index in [1.807, 2.05) is 0 Å². The van der Waals surface area contributed by atoms with Crippen LogP contribution in [0.5, 0.6) is 0 Å². The average molecular weight is 250 g/mol. The first-order valence-electron chi connectivity index (χ1n) is 6.91.